The number of rotatable bonds is 6. The Balaban J connectivity index is 2.00. The van der Waals surface area contributed by atoms with E-state index in [2.05, 4.69) is 21.3 Å². The van der Waals surface area contributed by atoms with Crippen molar-refractivity contribution in [1.82, 2.24) is 9.44 Å². The predicted octanol–water partition coefficient (Wildman–Crippen LogP) is 0.507. The molecule has 3 N–H and O–H groups in total. The Morgan fingerprint density at radius 3 is 2.75 bits per heavy atom. The summed E-state index contributed by atoms with van der Waals surface area (Å²) in [6.45, 7) is 0.221. The Kier molecular flexibility index (Phi) is 5.15. The Hall–Kier alpha value is -1.39. The van der Waals surface area contributed by atoms with Gasteiger partial charge in [0.05, 0.1) is 6.61 Å². The van der Waals surface area contributed by atoms with Gasteiger partial charge in [0.2, 0.25) is 0 Å². The lowest BCUT2D eigenvalue weighted by molar-refractivity contribution is 0.305. The molecule has 1 aromatic carbocycles. The molecule has 0 amide bonds. The van der Waals surface area contributed by atoms with E-state index in [1.54, 1.807) is 0 Å². The number of aliphatic hydroxyl groups excluding tert-OH is 1. The van der Waals surface area contributed by atoms with Crippen molar-refractivity contribution in [3.05, 3.63) is 35.4 Å². The van der Waals surface area contributed by atoms with Gasteiger partial charge in [-0.2, -0.15) is 17.9 Å². The van der Waals surface area contributed by atoms with Gasteiger partial charge in [-0.05, 0) is 24.5 Å². The zero-order valence-electron chi connectivity index (χ0n) is 11.1. The Morgan fingerprint density at radius 2 is 2.05 bits per heavy atom. The summed E-state index contributed by atoms with van der Waals surface area (Å²) >= 11 is 0. The summed E-state index contributed by atoms with van der Waals surface area (Å²) in [6, 6.07) is 7.45. The van der Waals surface area contributed by atoms with Crippen molar-refractivity contribution in [2.45, 2.75) is 31.8 Å². The fraction of sp³-hybridized carbons (Fsp3) is 0.429. The summed E-state index contributed by atoms with van der Waals surface area (Å²) in [5.74, 6) is 5.78. The molecule has 1 saturated carbocycles. The van der Waals surface area contributed by atoms with E-state index < -0.39 is 10.2 Å². The summed E-state index contributed by atoms with van der Waals surface area (Å²) in [6.07, 6.45) is 2.22. The van der Waals surface area contributed by atoms with E-state index in [4.69, 9.17) is 5.11 Å². The standard InChI is InChI=1S/C14H18N2O3S/c17-10-4-3-6-12-5-1-2-7-13(12)11-15-20(18,19)16-14-8-9-14/h1-2,5,7,14-17H,4,8-11H2. The van der Waals surface area contributed by atoms with Gasteiger partial charge in [-0.15, -0.1) is 0 Å². The second-order valence-electron chi connectivity index (χ2n) is 4.65. The molecule has 0 saturated heterocycles. The first-order valence-corrected chi connectivity index (χ1v) is 8.03. The first-order chi connectivity index (χ1) is 9.61. The van der Waals surface area contributed by atoms with Crippen molar-refractivity contribution in [3.8, 4) is 11.8 Å². The Bertz CT molecular complexity index is 613. The van der Waals surface area contributed by atoms with Crippen LogP contribution < -0.4 is 9.44 Å². The second kappa shape index (κ2) is 6.86. The van der Waals surface area contributed by atoms with Gasteiger partial charge in [0.15, 0.2) is 0 Å². The highest BCUT2D eigenvalue weighted by Gasteiger charge is 2.26. The molecule has 0 bridgehead atoms. The van der Waals surface area contributed by atoms with Gasteiger partial charge in [-0.25, -0.2) is 0 Å². The van der Waals surface area contributed by atoms with Gasteiger partial charge in [0.25, 0.3) is 10.2 Å². The molecule has 1 aromatic rings. The van der Waals surface area contributed by atoms with Crippen LogP contribution in [0.5, 0.6) is 0 Å². The molecule has 0 spiro atoms. The van der Waals surface area contributed by atoms with E-state index in [1.165, 1.54) is 0 Å². The minimum atomic E-state index is -3.45. The topological polar surface area (TPSA) is 78.4 Å². The maximum Gasteiger partial charge on any atom is 0.277 e. The van der Waals surface area contributed by atoms with E-state index in [9.17, 15) is 8.42 Å². The summed E-state index contributed by atoms with van der Waals surface area (Å²) in [5, 5.41) is 8.71. The van der Waals surface area contributed by atoms with E-state index in [1.807, 2.05) is 24.3 Å². The first kappa shape index (κ1) is 15.0. The molecule has 0 aliphatic heterocycles. The third-order valence-corrected chi connectivity index (χ3v) is 4.00. The molecule has 6 heteroatoms. The highest BCUT2D eigenvalue weighted by atomic mass is 32.2. The van der Waals surface area contributed by atoms with Gasteiger partial charge in [0, 0.05) is 24.6 Å². The molecule has 5 nitrogen and oxygen atoms in total. The van der Waals surface area contributed by atoms with Crippen LogP contribution >= 0.6 is 0 Å². The quantitative estimate of drug-likeness (QED) is 0.669. The van der Waals surface area contributed by atoms with E-state index in [0.29, 0.717) is 6.42 Å². The average Bonchev–Trinajstić information content (AvgIpc) is 3.21. The van der Waals surface area contributed by atoms with E-state index in [0.717, 1.165) is 24.0 Å². The number of hydrogen-bond donors (Lipinski definition) is 3. The fourth-order valence-electron chi connectivity index (χ4n) is 1.65. The monoisotopic (exact) mass is 294 g/mol. The number of hydrogen-bond acceptors (Lipinski definition) is 3. The van der Waals surface area contributed by atoms with E-state index in [-0.39, 0.29) is 19.2 Å². The Labute approximate surface area is 119 Å². The second-order valence-corrected chi connectivity index (χ2v) is 6.18. The maximum atomic E-state index is 11.7. The van der Waals surface area contributed by atoms with Crippen molar-refractivity contribution < 1.29 is 13.5 Å². The minimum absolute atomic E-state index is 0.0209. The van der Waals surface area contributed by atoms with Crippen molar-refractivity contribution in [3.63, 3.8) is 0 Å². The van der Waals surface area contributed by atoms with Gasteiger partial charge >= 0.3 is 0 Å². The van der Waals surface area contributed by atoms with Crippen molar-refractivity contribution >= 4 is 10.2 Å². The summed E-state index contributed by atoms with van der Waals surface area (Å²) in [4.78, 5) is 0. The number of benzene rings is 1. The maximum absolute atomic E-state index is 11.7. The SMILES string of the molecule is O=S(=O)(NCc1ccccc1C#CCCO)NC1CC1. The van der Waals surface area contributed by atoms with Crippen molar-refractivity contribution in [1.29, 1.82) is 0 Å². The van der Waals surface area contributed by atoms with Gasteiger partial charge < -0.3 is 5.11 Å². The minimum Gasteiger partial charge on any atom is -0.395 e. The molecule has 0 aromatic heterocycles. The molecular formula is C14H18N2O3S. The average molecular weight is 294 g/mol. The fourth-order valence-corrected chi connectivity index (χ4v) is 2.75. The van der Waals surface area contributed by atoms with Gasteiger partial charge in [0.1, 0.15) is 0 Å². The van der Waals surface area contributed by atoms with Crippen LogP contribution in [-0.4, -0.2) is 26.2 Å². The number of aliphatic hydroxyl groups is 1. The molecule has 20 heavy (non-hydrogen) atoms. The van der Waals surface area contributed by atoms with Crippen molar-refractivity contribution in [2.75, 3.05) is 6.61 Å². The van der Waals surface area contributed by atoms with Crippen molar-refractivity contribution in [2.24, 2.45) is 0 Å². The summed E-state index contributed by atoms with van der Waals surface area (Å²) < 4.78 is 28.6. The molecule has 2 rings (SSSR count). The smallest absolute Gasteiger partial charge is 0.277 e. The van der Waals surface area contributed by atoms with Crippen LogP contribution in [0.15, 0.2) is 24.3 Å². The molecule has 1 aliphatic rings. The molecule has 1 aliphatic carbocycles. The van der Waals surface area contributed by atoms with Crippen LogP contribution in [0.4, 0.5) is 0 Å². The molecule has 0 heterocycles. The van der Waals surface area contributed by atoms with Gasteiger partial charge in [-0.1, -0.05) is 30.0 Å². The molecule has 0 atom stereocenters. The zero-order chi connectivity index (χ0) is 14.4. The van der Waals surface area contributed by atoms with Crippen LogP contribution in [0.2, 0.25) is 0 Å². The molecule has 0 unspecified atom stereocenters. The molecule has 108 valence electrons. The van der Waals surface area contributed by atoms with Crippen LogP contribution in [0.25, 0.3) is 0 Å². The lowest BCUT2D eigenvalue weighted by atomic mass is 10.1. The lowest BCUT2D eigenvalue weighted by Gasteiger charge is -2.08. The van der Waals surface area contributed by atoms with Crippen LogP contribution in [0.1, 0.15) is 30.4 Å². The largest absolute Gasteiger partial charge is 0.395 e. The van der Waals surface area contributed by atoms with E-state index >= 15 is 0 Å². The third kappa shape index (κ3) is 4.94. The highest BCUT2D eigenvalue weighted by Crippen LogP contribution is 2.19. The van der Waals surface area contributed by atoms with Crippen LogP contribution in [0, 0.1) is 11.8 Å². The zero-order valence-corrected chi connectivity index (χ0v) is 11.9. The molecular weight excluding hydrogens is 276 g/mol. The predicted molar refractivity (Wildman–Crippen MR) is 76.9 cm³/mol. The normalized spacial score (nSPS) is 14.7. The van der Waals surface area contributed by atoms with Gasteiger partial charge in [-0.3, -0.25) is 0 Å². The third-order valence-electron chi connectivity index (χ3n) is 2.83. The molecule has 1 fully saturated rings. The van der Waals surface area contributed by atoms with Crippen LogP contribution in [-0.2, 0) is 16.8 Å². The lowest BCUT2D eigenvalue weighted by Crippen LogP contribution is -2.37. The van der Waals surface area contributed by atoms with Crippen LogP contribution in [0.3, 0.4) is 0 Å². The summed E-state index contributed by atoms with van der Waals surface area (Å²) in [7, 11) is -3.45. The number of nitrogens with one attached hydrogen (secondary N) is 2. The molecule has 0 radical (unpaired) electrons. The summed E-state index contributed by atoms with van der Waals surface area (Å²) in [5.41, 5.74) is 1.59. The first-order valence-electron chi connectivity index (χ1n) is 6.55. The Morgan fingerprint density at radius 1 is 1.30 bits per heavy atom. The highest BCUT2D eigenvalue weighted by molar-refractivity contribution is 7.87.